The van der Waals surface area contributed by atoms with Gasteiger partial charge in [0.15, 0.2) is 0 Å². The van der Waals surface area contributed by atoms with Gasteiger partial charge in [-0.1, -0.05) is 23.7 Å². The molecule has 0 saturated carbocycles. The molecule has 0 bridgehead atoms. The average Bonchev–Trinajstić information content (AvgIpc) is 2.97. The van der Waals surface area contributed by atoms with Gasteiger partial charge in [-0.25, -0.2) is 9.78 Å². The highest BCUT2D eigenvalue weighted by atomic mass is 35.5. The summed E-state index contributed by atoms with van der Waals surface area (Å²) >= 11 is 5.92. The third kappa shape index (κ3) is 2.54. The SMILES string of the molecule is CC1(C)OC(=O)C(Cc2ncc[nH]2)(c2ccc(Cl)cc2)O1. The smallest absolute Gasteiger partial charge is 0.346 e. The van der Waals surface area contributed by atoms with Crippen molar-refractivity contribution in [1.29, 1.82) is 0 Å². The third-order valence-corrected chi connectivity index (χ3v) is 3.62. The number of aromatic amines is 1. The number of hydrogen-bond acceptors (Lipinski definition) is 4. The van der Waals surface area contributed by atoms with Gasteiger partial charge in [-0.2, -0.15) is 0 Å². The van der Waals surface area contributed by atoms with Gasteiger partial charge in [0, 0.05) is 31.3 Å². The summed E-state index contributed by atoms with van der Waals surface area (Å²) < 4.78 is 11.3. The molecule has 2 aromatic rings. The first-order valence-corrected chi connectivity index (χ1v) is 6.97. The Hall–Kier alpha value is -1.85. The maximum absolute atomic E-state index is 12.5. The zero-order valence-corrected chi connectivity index (χ0v) is 12.5. The maximum Gasteiger partial charge on any atom is 0.346 e. The standard InChI is InChI=1S/C15H15ClN2O3/c1-14(2)20-13(19)15(21-14,9-12-17-7-8-18-12)10-3-5-11(16)6-4-10/h3-8H,9H2,1-2H3,(H,17,18). The second-order valence-electron chi connectivity index (χ2n) is 5.44. The normalized spacial score (nSPS) is 24.0. The van der Waals surface area contributed by atoms with Gasteiger partial charge in [-0.15, -0.1) is 0 Å². The van der Waals surface area contributed by atoms with E-state index >= 15 is 0 Å². The average molecular weight is 307 g/mol. The minimum Gasteiger partial charge on any atom is -0.431 e. The van der Waals surface area contributed by atoms with Crippen molar-refractivity contribution in [2.45, 2.75) is 31.7 Å². The number of carbonyl (C=O) groups excluding carboxylic acids is 1. The lowest BCUT2D eigenvalue weighted by Gasteiger charge is -2.26. The minimum atomic E-state index is -1.22. The molecule has 1 fully saturated rings. The van der Waals surface area contributed by atoms with Crippen LogP contribution in [0.5, 0.6) is 0 Å². The lowest BCUT2D eigenvalue weighted by atomic mass is 9.90. The van der Waals surface area contributed by atoms with Crippen molar-refractivity contribution in [3.63, 3.8) is 0 Å². The van der Waals surface area contributed by atoms with Crippen molar-refractivity contribution >= 4 is 17.6 Å². The molecule has 1 unspecified atom stereocenters. The lowest BCUT2D eigenvalue weighted by molar-refractivity contribution is -0.167. The van der Waals surface area contributed by atoms with E-state index in [9.17, 15) is 4.79 Å². The van der Waals surface area contributed by atoms with Crippen LogP contribution in [0, 0.1) is 0 Å². The van der Waals surface area contributed by atoms with E-state index in [2.05, 4.69) is 9.97 Å². The fourth-order valence-corrected chi connectivity index (χ4v) is 2.65. The van der Waals surface area contributed by atoms with Gasteiger partial charge >= 0.3 is 5.97 Å². The fraction of sp³-hybridized carbons (Fsp3) is 0.333. The Morgan fingerprint density at radius 3 is 2.52 bits per heavy atom. The Morgan fingerprint density at radius 1 is 1.29 bits per heavy atom. The minimum absolute atomic E-state index is 0.268. The van der Waals surface area contributed by atoms with E-state index in [1.807, 2.05) is 0 Å². The molecule has 21 heavy (non-hydrogen) atoms. The van der Waals surface area contributed by atoms with Crippen molar-refractivity contribution in [2.24, 2.45) is 0 Å². The maximum atomic E-state index is 12.5. The topological polar surface area (TPSA) is 64.2 Å². The van der Waals surface area contributed by atoms with E-state index in [4.69, 9.17) is 21.1 Å². The number of aromatic nitrogens is 2. The number of nitrogens with one attached hydrogen (secondary N) is 1. The summed E-state index contributed by atoms with van der Waals surface area (Å²) in [7, 11) is 0. The van der Waals surface area contributed by atoms with E-state index in [1.165, 1.54) is 0 Å². The van der Waals surface area contributed by atoms with Gasteiger partial charge in [0.05, 0.1) is 6.42 Å². The van der Waals surface area contributed by atoms with Crippen molar-refractivity contribution in [3.05, 3.63) is 53.1 Å². The van der Waals surface area contributed by atoms with Crippen LogP contribution in [-0.2, 0) is 26.3 Å². The molecule has 5 nitrogen and oxygen atoms in total. The number of benzene rings is 1. The fourth-order valence-electron chi connectivity index (χ4n) is 2.52. The molecule has 3 rings (SSSR count). The molecule has 1 saturated heterocycles. The summed E-state index contributed by atoms with van der Waals surface area (Å²) in [5.74, 6) is -0.755. The molecule has 0 spiro atoms. The molecule has 1 aliphatic heterocycles. The van der Waals surface area contributed by atoms with Gasteiger partial charge in [0.1, 0.15) is 5.82 Å². The Bertz CT molecular complexity index is 652. The molecule has 1 N–H and O–H groups in total. The molecule has 0 amide bonds. The van der Waals surface area contributed by atoms with Crippen LogP contribution in [0.3, 0.4) is 0 Å². The van der Waals surface area contributed by atoms with Crippen LogP contribution in [-0.4, -0.2) is 21.7 Å². The number of nitrogens with zero attached hydrogens (tertiary/aromatic N) is 1. The highest BCUT2D eigenvalue weighted by Gasteiger charge is 2.55. The molecular weight excluding hydrogens is 292 g/mol. The zero-order valence-electron chi connectivity index (χ0n) is 11.7. The third-order valence-electron chi connectivity index (χ3n) is 3.37. The number of cyclic esters (lactones) is 1. The molecule has 110 valence electrons. The van der Waals surface area contributed by atoms with Crippen molar-refractivity contribution in [2.75, 3.05) is 0 Å². The number of imidazole rings is 1. The van der Waals surface area contributed by atoms with Gasteiger partial charge < -0.3 is 14.5 Å². The highest BCUT2D eigenvalue weighted by Crippen LogP contribution is 2.42. The molecule has 1 atom stereocenters. The van der Waals surface area contributed by atoms with E-state index in [1.54, 1.807) is 50.5 Å². The molecular formula is C15H15ClN2O3. The van der Waals surface area contributed by atoms with Crippen molar-refractivity contribution in [1.82, 2.24) is 9.97 Å². The lowest BCUT2D eigenvalue weighted by Crippen LogP contribution is -2.37. The van der Waals surface area contributed by atoms with Crippen LogP contribution < -0.4 is 0 Å². The number of esters is 1. The number of halogens is 1. The zero-order chi connectivity index (χ0) is 15.1. The Kier molecular flexibility index (Phi) is 3.26. The van der Waals surface area contributed by atoms with Crippen LogP contribution in [0.2, 0.25) is 5.02 Å². The molecule has 1 aromatic carbocycles. The Labute approximate surface area is 127 Å². The first-order valence-electron chi connectivity index (χ1n) is 6.59. The molecule has 6 heteroatoms. The van der Waals surface area contributed by atoms with Crippen LogP contribution in [0.15, 0.2) is 36.7 Å². The predicted molar refractivity (Wildman–Crippen MR) is 76.7 cm³/mol. The molecule has 1 aliphatic rings. The molecule has 1 aromatic heterocycles. The van der Waals surface area contributed by atoms with Crippen LogP contribution in [0.4, 0.5) is 0 Å². The monoisotopic (exact) mass is 306 g/mol. The highest BCUT2D eigenvalue weighted by molar-refractivity contribution is 6.30. The number of H-pyrrole nitrogens is 1. The van der Waals surface area contributed by atoms with Gasteiger partial charge in [0.2, 0.25) is 11.4 Å². The first-order chi connectivity index (χ1) is 9.91. The first kappa shape index (κ1) is 14.1. The van der Waals surface area contributed by atoms with Crippen LogP contribution >= 0.6 is 11.6 Å². The summed E-state index contributed by atoms with van der Waals surface area (Å²) in [5.41, 5.74) is -0.523. The Balaban J connectivity index is 2.06. The summed E-state index contributed by atoms with van der Waals surface area (Å²) in [6.07, 6.45) is 3.61. The summed E-state index contributed by atoms with van der Waals surface area (Å²) in [6.45, 7) is 3.43. The quantitative estimate of drug-likeness (QED) is 0.886. The number of rotatable bonds is 3. The molecule has 0 aliphatic carbocycles. The summed E-state index contributed by atoms with van der Waals surface area (Å²) in [5, 5.41) is 0.595. The number of hydrogen-bond donors (Lipinski definition) is 1. The predicted octanol–water partition coefficient (Wildman–Crippen LogP) is 2.81. The second kappa shape index (κ2) is 4.86. The second-order valence-corrected chi connectivity index (χ2v) is 5.87. The van der Waals surface area contributed by atoms with Gasteiger partial charge in [-0.05, 0) is 17.7 Å². The summed E-state index contributed by atoms with van der Waals surface area (Å²) in [6, 6.07) is 6.99. The van der Waals surface area contributed by atoms with Crippen molar-refractivity contribution < 1.29 is 14.3 Å². The van der Waals surface area contributed by atoms with E-state index in [0.717, 1.165) is 0 Å². The van der Waals surface area contributed by atoms with E-state index in [-0.39, 0.29) is 6.42 Å². The van der Waals surface area contributed by atoms with Crippen LogP contribution in [0.25, 0.3) is 0 Å². The van der Waals surface area contributed by atoms with Gasteiger partial charge in [-0.3, -0.25) is 0 Å². The number of carbonyl (C=O) groups is 1. The van der Waals surface area contributed by atoms with E-state index in [0.29, 0.717) is 16.4 Å². The van der Waals surface area contributed by atoms with Crippen LogP contribution in [0.1, 0.15) is 25.2 Å². The molecule has 2 heterocycles. The van der Waals surface area contributed by atoms with Gasteiger partial charge in [0.25, 0.3) is 0 Å². The summed E-state index contributed by atoms with van der Waals surface area (Å²) in [4.78, 5) is 19.7. The number of ether oxygens (including phenoxy) is 2. The molecule has 0 radical (unpaired) electrons. The Morgan fingerprint density at radius 2 is 2.00 bits per heavy atom. The largest absolute Gasteiger partial charge is 0.431 e. The van der Waals surface area contributed by atoms with E-state index < -0.39 is 17.4 Å². The van der Waals surface area contributed by atoms with Crippen molar-refractivity contribution in [3.8, 4) is 0 Å².